The number of hydrogen-bond acceptors (Lipinski definition) is 2. The summed E-state index contributed by atoms with van der Waals surface area (Å²) < 4.78 is 26.8. The third-order valence-electron chi connectivity index (χ3n) is 2.87. The van der Waals surface area contributed by atoms with Gasteiger partial charge in [0.1, 0.15) is 0 Å². The Kier molecular flexibility index (Phi) is 4.71. The van der Waals surface area contributed by atoms with E-state index in [1.54, 1.807) is 12.1 Å². The Morgan fingerprint density at radius 2 is 1.88 bits per heavy atom. The van der Waals surface area contributed by atoms with Crippen LogP contribution >= 0.6 is 0 Å². The third-order valence-corrected chi connectivity index (χ3v) is 4.45. The summed E-state index contributed by atoms with van der Waals surface area (Å²) in [6.07, 6.45) is 1.82. The second-order valence-corrected chi connectivity index (χ2v) is 6.27. The molecule has 0 amide bonds. The first-order valence-electron chi connectivity index (χ1n) is 5.96. The van der Waals surface area contributed by atoms with Crippen LogP contribution in [0.2, 0.25) is 0 Å². The Hall–Kier alpha value is -0.870. The summed E-state index contributed by atoms with van der Waals surface area (Å²) in [5.41, 5.74) is 2.10. The fourth-order valence-electron chi connectivity index (χ4n) is 1.71. The van der Waals surface area contributed by atoms with E-state index in [0.29, 0.717) is 4.90 Å². The van der Waals surface area contributed by atoms with Crippen LogP contribution in [0.15, 0.2) is 23.1 Å². The maximum Gasteiger partial charge on any atom is 0.240 e. The zero-order valence-corrected chi connectivity index (χ0v) is 11.8. The molecular weight excluding hydrogens is 234 g/mol. The molecular formula is C13H21NO2S. The van der Waals surface area contributed by atoms with Gasteiger partial charge in [0.15, 0.2) is 0 Å². The van der Waals surface area contributed by atoms with E-state index in [4.69, 9.17) is 0 Å². The maximum absolute atomic E-state index is 12.1. The predicted octanol–water partition coefficient (Wildman–Crippen LogP) is 2.77. The Morgan fingerprint density at radius 3 is 2.41 bits per heavy atom. The van der Waals surface area contributed by atoms with Gasteiger partial charge in [-0.3, -0.25) is 0 Å². The van der Waals surface area contributed by atoms with Crippen molar-refractivity contribution in [3.8, 4) is 0 Å². The molecule has 0 heterocycles. The summed E-state index contributed by atoms with van der Waals surface area (Å²) in [4.78, 5) is 0.351. The number of benzene rings is 1. The van der Waals surface area contributed by atoms with E-state index in [2.05, 4.69) is 4.72 Å². The second-order valence-electron chi connectivity index (χ2n) is 4.56. The average molecular weight is 255 g/mol. The number of aryl methyl sites for hydroxylation is 2. The van der Waals surface area contributed by atoms with Crippen LogP contribution in [0.3, 0.4) is 0 Å². The molecule has 0 aliphatic rings. The van der Waals surface area contributed by atoms with Gasteiger partial charge < -0.3 is 0 Å². The molecule has 0 saturated heterocycles. The van der Waals surface area contributed by atoms with Crippen molar-refractivity contribution in [1.29, 1.82) is 0 Å². The highest BCUT2D eigenvalue weighted by Gasteiger charge is 2.17. The van der Waals surface area contributed by atoms with Crippen molar-refractivity contribution >= 4 is 10.0 Å². The Balaban J connectivity index is 2.93. The summed E-state index contributed by atoms with van der Waals surface area (Å²) >= 11 is 0. The SMILES string of the molecule is CCCC(C)NS(=O)(=O)c1ccc(C)c(C)c1. The van der Waals surface area contributed by atoms with Crippen molar-refractivity contribution < 1.29 is 8.42 Å². The second kappa shape index (κ2) is 5.65. The highest BCUT2D eigenvalue weighted by atomic mass is 32.2. The standard InChI is InChI=1S/C13H21NO2S/c1-5-6-12(4)14-17(15,16)13-8-7-10(2)11(3)9-13/h7-9,12,14H,5-6H2,1-4H3. The smallest absolute Gasteiger partial charge is 0.208 e. The van der Waals surface area contributed by atoms with Crippen LogP contribution in [0.25, 0.3) is 0 Å². The van der Waals surface area contributed by atoms with Crippen LogP contribution in [0, 0.1) is 13.8 Å². The minimum Gasteiger partial charge on any atom is -0.208 e. The molecule has 0 saturated carbocycles. The van der Waals surface area contributed by atoms with E-state index in [9.17, 15) is 8.42 Å². The van der Waals surface area contributed by atoms with Crippen LogP contribution in [0.4, 0.5) is 0 Å². The van der Waals surface area contributed by atoms with Crippen molar-refractivity contribution in [2.75, 3.05) is 0 Å². The number of hydrogen-bond donors (Lipinski definition) is 1. The van der Waals surface area contributed by atoms with Crippen molar-refractivity contribution in [3.63, 3.8) is 0 Å². The quantitative estimate of drug-likeness (QED) is 0.879. The van der Waals surface area contributed by atoms with Crippen LogP contribution in [0.5, 0.6) is 0 Å². The minimum atomic E-state index is -3.37. The topological polar surface area (TPSA) is 46.2 Å². The molecule has 0 fully saturated rings. The van der Waals surface area contributed by atoms with Gasteiger partial charge in [0.25, 0.3) is 0 Å². The van der Waals surface area contributed by atoms with Crippen molar-refractivity contribution in [3.05, 3.63) is 29.3 Å². The Bertz CT molecular complexity index is 480. The van der Waals surface area contributed by atoms with E-state index in [1.165, 1.54) is 0 Å². The predicted molar refractivity (Wildman–Crippen MR) is 70.6 cm³/mol. The molecule has 0 radical (unpaired) electrons. The molecule has 0 aromatic heterocycles. The maximum atomic E-state index is 12.1. The molecule has 1 atom stereocenters. The summed E-state index contributed by atoms with van der Waals surface area (Å²) in [5, 5.41) is 0. The number of sulfonamides is 1. The lowest BCUT2D eigenvalue weighted by molar-refractivity contribution is 0.544. The monoisotopic (exact) mass is 255 g/mol. The van der Waals surface area contributed by atoms with E-state index >= 15 is 0 Å². The highest BCUT2D eigenvalue weighted by Crippen LogP contribution is 2.15. The van der Waals surface area contributed by atoms with E-state index in [1.807, 2.05) is 33.8 Å². The van der Waals surface area contributed by atoms with Crippen LogP contribution in [-0.2, 0) is 10.0 Å². The molecule has 0 aliphatic heterocycles. The first kappa shape index (κ1) is 14.2. The molecule has 0 bridgehead atoms. The van der Waals surface area contributed by atoms with Crippen LogP contribution < -0.4 is 4.72 Å². The number of nitrogens with one attached hydrogen (secondary N) is 1. The molecule has 96 valence electrons. The van der Waals surface area contributed by atoms with E-state index < -0.39 is 10.0 Å². The van der Waals surface area contributed by atoms with Gasteiger partial charge in [-0.2, -0.15) is 0 Å². The van der Waals surface area contributed by atoms with Gasteiger partial charge >= 0.3 is 0 Å². The van der Waals surface area contributed by atoms with Gasteiger partial charge in [-0.05, 0) is 50.5 Å². The molecule has 3 nitrogen and oxygen atoms in total. The van der Waals surface area contributed by atoms with Crippen molar-refractivity contribution in [1.82, 2.24) is 4.72 Å². The van der Waals surface area contributed by atoms with Gasteiger partial charge in [-0.15, -0.1) is 0 Å². The zero-order chi connectivity index (χ0) is 13.1. The molecule has 17 heavy (non-hydrogen) atoms. The molecule has 1 rings (SSSR count). The van der Waals surface area contributed by atoms with Gasteiger partial charge in [-0.1, -0.05) is 19.4 Å². The molecule has 1 aromatic carbocycles. The lowest BCUT2D eigenvalue weighted by atomic mass is 10.1. The lowest BCUT2D eigenvalue weighted by Gasteiger charge is -2.14. The average Bonchev–Trinajstić information content (AvgIpc) is 2.21. The first-order valence-corrected chi connectivity index (χ1v) is 7.44. The van der Waals surface area contributed by atoms with Gasteiger partial charge in [0, 0.05) is 6.04 Å². The molecule has 0 aliphatic carbocycles. The van der Waals surface area contributed by atoms with Crippen molar-refractivity contribution in [2.24, 2.45) is 0 Å². The number of rotatable bonds is 5. The highest BCUT2D eigenvalue weighted by molar-refractivity contribution is 7.89. The normalized spacial score (nSPS) is 13.6. The van der Waals surface area contributed by atoms with Crippen molar-refractivity contribution in [2.45, 2.75) is 51.5 Å². The molecule has 4 heteroatoms. The molecule has 0 spiro atoms. The zero-order valence-electron chi connectivity index (χ0n) is 10.9. The van der Waals surface area contributed by atoms with Crippen LogP contribution in [-0.4, -0.2) is 14.5 Å². The Labute approximate surface area is 104 Å². The summed E-state index contributed by atoms with van der Waals surface area (Å²) in [6.45, 7) is 7.83. The summed E-state index contributed by atoms with van der Waals surface area (Å²) in [7, 11) is -3.37. The minimum absolute atomic E-state index is 0.0217. The molecule has 1 unspecified atom stereocenters. The van der Waals surface area contributed by atoms with Crippen LogP contribution in [0.1, 0.15) is 37.8 Å². The summed E-state index contributed by atoms with van der Waals surface area (Å²) in [5.74, 6) is 0. The van der Waals surface area contributed by atoms with Gasteiger partial charge in [0.05, 0.1) is 4.90 Å². The summed E-state index contributed by atoms with van der Waals surface area (Å²) in [6, 6.07) is 5.19. The first-order chi connectivity index (χ1) is 7.86. The fraction of sp³-hybridized carbons (Fsp3) is 0.538. The molecule has 1 N–H and O–H groups in total. The fourth-order valence-corrected chi connectivity index (χ4v) is 3.07. The Morgan fingerprint density at radius 1 is 1.24 bits per heavy atom. The third kappa shape index (κ3) is 3.82. The van der Waals surface area contributed by atoms with E-state index in [0.717, 1.165) is 24.0 Å². The van der Waals surface area contributed by atoms with E-state index in [-0.39, 0.29) is 6.04 Å². The lowest BCUT2D eigenvalue weighted by Crippen LogP contribution is -2.32. The molecule has 1 aromatic rings. The van der Waals surface area contributed by atoms with Gasteiger partial charge in [-0.25, -0.2) is 13.1 Å². The van der Waals surface area contributed by atoms with Gasteiger partial charge in [0.2, 0.25) is 10.0 Å². The largest absolute Gasteiger partial charge is 0.240 e.